The Bertz CT molecular complexity index is 1130. The standard InChI is InChI=1S/C25H32N4O2S2/c1-4-5-6-8-12-29-24(31)20(33-25(29)32)14-19-22(27-15-17(2)13-18(3)16-27)26-21-10-7-9-11-28(21)23(19)30/h7,9-11,14,17-18H,4-6,8,12-13,15-16H2,1-3H3/b20-14+/t17-,18+. The predicted molar refractivity (Wildman–Crippen MR) is 141 cm³/mol. The van der Waals surface area contributed by atoms with Gasteiger partial charge >= 0.3 is 0 Å². The number of unbranched alkanes of at least 4 members (excludes halogenated alkanes) is 3. The van der Waals surface area contributed by atoms with Crippen LogP contribution in [0.15, 0.2) is 34.1 Å². The van der Waals surface area contributed by atoms with Gasteiger partial charge in [0, 0.05) is 25.8 Å². The fraction of sp³-hybridized carbons (Fsp3) is 0.520. The van der Waals surface area contributed by atoms with E-state index < -0.39 is 0 Å². The molecule has 2 atom stereocenters. The number of carbonyl (C=O) groups is 1. The summed E-state index contributed by atoms with van der Waals surface area (Å²) < 4.78 is 2.12. The first kappa shape index (κ1) is 24.0. The molecular formula is C25H32N4O2S2. The second-order valence-corrected chi connectivity index (χ2v) is 11.0. The van der Waals surface area contributed by atoms with Crippen LogP contribution in [-0.4, -0.2) is 44.1 Å². The lowest BCUT2D eigenvalue weighted by Crippen LogP contribution is -2.40. The number of pyridine rings is 1. The third-order valence-electron chi connectivity index (χ3n) is 6.30. The second-order valence-electron chi connectivity index (χ2n) is 9.33. The van der Waals surface area contributed by atoms with Gasteiger partial charge in [0.05, 0.1) is 10.5 Å². The molecule has 0 radical (unpaired) electrons. The molecule has 4 heterocycles. The van der Waals surface area contributed by atoms with Gasteiger partial charge in [0.1, 0.15) is 15.8 Å². The highest BCUT2D eigenvalue weighted by atomic mass is 32.2. The van der Waals surface area contributed by atoms with Gasteiger partial charge in [-0.05, 0) is 42.9 Å². The average Bonchev–Trinajstić information content (AvgIpc) is 3.05. The first-order valence-corrected chi connectivity index (χ1v) is 13.1. The highest BCUT2D eigenvalue weighted by Crippen LogP contribution is 2.34. The summed E-state index contributed by atoms with van der Waals surface area (Å²) in [5, 5.41) is 0. The third kappa shape index (κ3) is 5.17. The molecular weight excluding hydrogens is 452 g/mol. The minimum absolute atomic E-state index is 0.106. The zero-order valence-electron chi connectivity index (χ0n) is 19.6. The number of anilines is 1. The second kappa shape index (κ2) is 10.4. The number of hydrogen-bond donors (Lipinski definition) is 0. The van der Waals surface area contributed by atoms with E-state index >= 15 is 0 Å². The Balaban J connectivity index is 1.73. The maximum Gasteiger partial charge on any atom is 0.267 e. The van der Waals surface area contributed by atoms with E-state index in [1.54, 1.807) is 21.6 Å². The lowest BCUT2D eigenvalue weighted by molar-refractivity contribution is -0.122. The van der Waals surface area contributed by atoms with Crippen LogP contribution in [0.5, 0.6) is 0 Å². The van der Waals surface area contributed by atoms with Crippen molar-refractivity contribution in [2.24, 2.45) is 11.8 Å². The van der Waals surface area contributed by atoms with E-state index in [-0.39, 0.29) is 11.5 Å². The van der Waals surface area contributed by atoms with Crippen LogP contribution in [-0.2, 0) is 4.79 Å². The summed E-state index contributed by atoms with van der Waals surface area (Å²) >= 11 is 6.79. The summed E-state index contributed by atoms with van der Waals surface area (Å²) in [4.78, 5) is 36.0. The van der Waals surface area contributed by atoms with Crippen LogP contribution in [0.3, 0.4) is 0 Å². The molecule has 0 aliphatic carbocycles. The SMILES string of the molecule is CCCCCCN1C(=O)/C(=C\c2c(N3C[C@H](C)C[C@H](C)C3)nc3ccccn3c2=O)SC1=S. The maximum atomic E-state index is 13.5. The summed E-state index contributed by atoms with van der Waals surface area (Å²) in [5.41, 5.74) is 0.921. The normalized spacial score (nSPS) is 22.7. The topological polar surface area (TPSA) is 57.9 Å². The zero-order chi connectivity index (χ0) is 23.5. The van der Waals surface area contributed by atoms with Gasteiger partial charge in [-0.2, -0.15) is 0 Å². The molecule has 4 rings (SSSR count). The summed E-state index contributed by atoms with van der Waals surface area (Å²) in [6, 6.07) is 5.55. The van der Waals surface area contributed by atoms with E-state index in [1.165, 1.54) is 11.8 Å². The first-order valence-electron chi connectivity index (χ1n) is 11.9. The molecule has 2 aromatic heterocycles. The quantitative estimate of drug-likeness (QED) is 0.315. The summed E-state index contributed by atoms with van der Waals surface area (Å²) in [5.74, 6) is 1.58. The highest BCUT2D eigenvalue weighted by molar-refractivity contribution is 8.26. The lowest BCUT2D eigenvalue weighted by atomic mass is 9.91. The molecule has 176 valence electrons. The molecule has 0 saturated carbocycles. The number of nitrogens with zero attached hydrogens (tertiary/aromatic N) is 4. The van der Waals surface area contributed by atoms with Gasteiger partial charge in [-0.15, -0.1) is 0 Å². The van der Waals surface area contributed by atoms with Gasteiger partial charge in [-0.1, -0.05) is 70.1 Å². The fourth-order valence-corrected chi connectivity index (χ4v) is 6.11. The first-order chi connectivity index (χ1) is 15.9. The van der Waals surface area contributed by atoms with Crippen LogP contribution in [0, 0.1) is 11.8 Å². The number of thiocarbonyl (C=S) groups is 1. The Kier molecular flexibility index (Phi) is 7.54. The Morgan fingerprint density at radius 2 is 1.91 bits per heavy atom. The molecule has 0 N–H and O–H groups in total. The van der Waals surface area contributed by atoms with E-state index in [4.69, 9.17) is 17.2 Å². The molecule has 8 heteroatoms. The third-order valence-corrected chi connectivity index (χ3v) is 7.68. The van der Waals surface area contributed by atoms with Gasteiger partial charge < -0.3 is 4.90 Å². The van der Waals surface area contributed by atoms with Gasteiger partial charge in [0.15, 0.2) is 0 Å². The maximum absolute atomic E-state index is 13.5. The molecule has 2 aromatic rings. The summed E-state index contributed by atoms with van der Waals surface area (Å²) in [7, 11) is 0. The van der Waals surface area contributed by atoms with Crippen molar-refractivity contribution in [2.45, 2.75) is 52.9 Å². The van der Waals surface area contributed by atoms with E-state index in [1.807, 2.05) is 18.2 Å². The van der Waals surface area contributed by atoms with Crippen molar-refractivity contribution in [2.75, 3.05) is 24.5 Å². The number of fused-ring (bicyclic) bond motifs is 1. The Hall–Kier alpha value is -2.19. The van der Waals surface area contributed by atoms with Crippen LogP contribution in [0.25, 0.3) is 11.7 Å². The van der Waals surface area contributed by atoms with E-state index in [9.17, 15) is 9.59 Å². The number of thioether (sulfide) groups is 1. The van der Waals surface area contributed by atoms with Gasteiger partial charge in [-0.25, -0.2) is 4.98 Å². The number of carbonyl (C=O) groups excluding carboxylic acids is 1. The van der Waals surface area contributed by atoms with Gasteiger partial charge in [0.25, 0.3) is 11.5 Å². The summed E-state index contributed by atoms with van der Waals surface area (Å²) in [6.07, 6.45) is 8.93. The number of amides is 1. The van der Waals surface area contributed by atoms with Crippen LogP contribution < -0.4 is 10.5 Å². The van der Waals surface area contributed by atoms with Crippen molar-refractivity contribution in [1.29, 1.82) is 0 Å². The van der Waals surface area contributed by atoms with Gasteiger partial charge in [-0.3, -0.25) is 18.9 Å². The zero-order valence-corrected chi connectivity index (χ0v) is 21.3. The van der Waals surface area contributed by atoms with Crippen molar-refractivity contribution in [3.63, 3.8) is 0 Å². The van der Waals surface area contributed by atoms with Crippen molar-refractivity contribution >= 4 is 51.7 Å². The molecule has 0 spiro atoms. The highest BCUT2D eigenvalue weighted by Gasteiger charge is 2.33. The molecule has 2 aliphatic rings. The minimum Gasteiger partial charge on any atom is -0.355 e. The van der Waals surface area contributed by atoms with Crippen LogP contribution >= 0.6 is 24.0 Å². The van der Waals surface area contributed by atoms with Crippen molar-refractivity contribution in [3.8, 4) is 0 Å². The number of piperidine rings is 1. The molecule has 1 amide bonds. The molecule has 0 aromatic carbocycles. The van der Waals surface area contributed by atoms with Crippen LogP contribution in [0.4, 0.5) is 5.82 Å². The molecule has 0 unspecified atom stereocenters. The lowest BCUT2D eigenvalue weighted by Gasteiger charge is -2.36. The molecule has 6 nitrogen and oxygen atoms in total. The fourth-order valence-electron chi connectivity index (χ4n) is 4.81. The Labute approximate surface area is 205 Å². The number of rotatable bonds is 7. The number of aromatic nitrogens is 2. The Morgan fingerprint density at radius 3 is 2.64 bits per heavy atom. The summed E-state index contributed by atoms with van der Waals surface area (Å²) in [6.45, 7) is 8.96. The molecule has 2 aliphatic heterocycles. The monoisotopic (exact) mass is 484 g/mol. The van der Waals surface area contributed by atoms with Crippen molar-refractivity contribution < 1.29 is 4.79 Å². The van der Waals surface area contributed by atoms with Crippen molar-refractivity contribution in [1.82, 2.24) is 14.3 Å². The van der Waals surface area contributed by atoms with E-state index in [0.29, 0.717) is 44.6 Å². The molecule has 0 bridgehead atoms. The van der Waals surface area contributed by atoms with E-state index in [0.717, 1.165) is 45.2 Å². The molecule has 33 heavy (non-hydrogen) atoms. The molecule has 2 saturated heterocycles. The predicted octanol–water partition coefficient (Wildman–Crippen LogP) is 4.96. The van der Waals surface area contributed by atoms with Crippen LogP contribution in [0.1, 0.15) is 58.4 Å². The van der Waals surface area contributed by atoms with Crippen molar-refractivity contribution in [3.05, 3.63) is 45.2 Å². The average molecular weight is 485 g/mol. The number of hydrogen-bond acceptors (Lipinski definition) is 6. The van der Waals surface area contributed by atoms with E-state index in [2.05, 4.69) is 25.7 Å². The largest absolute Gasteiger partial charge is 0.355 e. The van der Waals surface area contributed by atoms with Gasteiger partial charge in [0.2, 0.25) is 0 Å². The smallest absolute Gasteiger partial charge is 0.267 e. The molecule has 2 fully saturated rings. The minimum atomic E-state index is -0.158. The Morgan fingerprint density at radius 1 is 1.15 bits per heavy atom. The van der Waals surface area contributed by atoms with Crippen LogP contribution in [0.2, 0.25) is 0 Å².